The van der Waals surface area contributed by atoms with E-state index in [1.807, 2.05) is 12.1 Å². The van der Waals surface area contributed by atoms with Crippen LogP contribution in [0.2, 0.25) is 0 Å². The molecule has 0 aliphatic carbocycles. The predicted octanol–water partition coefficient (Wildman–Crippen LogP) is 0.456. The van der Waals surface area contributed by atoms with Gasteiger partial charge in [-0.15, -0.1) is 0 Å². The summed E-state index contributed by atoms with van der Waals surface area (Å²) in [7, 11) is 3.75. The molecule has 1 unspecified atom stereocenters. The molecule has 1 aromatic rings. The Bertz CT molecular complexity index is 330. The van der Waals surface area contributed by atoms with Crippen LogP contribution in [0.3, 0.4) is 0 Å². The summed E-state index contributed by atoms with van der Waals surface area (Å²) >= 11 is 0. The summed E-state index contributed by atoms with van der Waals surface area (Å²) in [6, 6.07) is 8.21. The van der Waals surface area contributed by atoms with Gasteiger partial charge < -0.3 is 21.1 Å². The van der Waals surface area contributed by atoms with Crippen molar-refractivity contribution >= 4 is 0 Å². The maximum absolute atomic E-state index is 5.80. The lowest BCUT2D eigenvalue weighted by Gasteiger charge is -2.20. The van der Waals surface area contributed by atoms with Crippen molar-refractivity contribution in [2.75, 3.05) is 33.8 Å². The average Bonchev–Trinajstić information content (AvgIpc) is 2.36. The number of methoxy groups -OCH3 is 1. The molecule has 0 saturated heterocycles. The predicted molar refractivity (Wildman–Crippen MR) is 71.2 cm³/mol. The third-order valence-electron chi connectivity index (χ3n) is 2.77. The van der Waals surface area contributed by atoms with Crippen LogP contribution in [0.25, 0.3) is 0 Å². The van der Waals surface area contributed by atoms with Crippen molar-refractivity contribution in [1.29, 1.82) is 0 Å². The minimum atomic E-state index is 0.0605. The lowest BCUT2D eigenvalue weighted by atomic mass is 10.1. The van der Waals surface area contributed by atoms with Gasteiger partial charge in [0.15, 0.2) is 0 Å². The Hall–Kier alpha value is -1.10. The number of nitrogens with two attached hydrogens (primary N) is 2. The van der Waals surface area contributed by atoms with E-state index in [1.165, 1.54) is 5.56 Å². The third kappa shape index (κ3) is 5.17. The van der Waals surface area contributed by atoms with Crippen molar-refractivity contribution in [3.05, 3.63) is 29.8 Å². The van der Waals surface area contributed by atoms with E-state index in [4.69, 9.17) is 16.2 Å². The molecule has 0 heterocycles. The van der Waals surface area contributed by atoms with Gasteiger partial charge in [-0.2, -0.15) is 0 Å². The number of nitrogens with zero attached hydrogens (tertiary/aromatic N) is 1. The van der Waals surface area contributed by atoms with E-state index in [9.17, 15) is 0 Å². The lowest BCUT2D eigenvalue weighted by molar-refractivity contribution is 0.316. The van der Waals surface area contributed by atoms with Crippen molar-refractivity contribution in [3.63, 3.8) is 0 Å². The molecular weight excluding hydrogens is 214 g/mol. The van der Waals surface area contributed by atoms with Gasteiger partial charge in [-0.05, 0) is 31.2 Å². The molecule has 0 spiro atoms. The highest BCUT2D eigenvalue weighted by molar-refractivity contribution is 5.28. The van der Waals surface area contributed by atoms with Gasteiger partial charge in [-0.25, -0.2) is 0 Å². The summed E-state index contributed by atoms with van der Waals surface area (Å²) < 4.78 is 5.19. The Kier molecular flexibility index (Phi) is 5.97. The van der Waals surface area contributed by atoms with Crippen molar-refractivity contribution in [1.82, 2.24) is 4.90 Å². The minimum Gasteiger partial charge on any atom is -0.497 e. The van der Waals surface area contributed by atoms with Gasteiger partial charge in [0.25, 0.3) is 0 Å². The van der Waals surface area contributed by atoms with E-state index < -0.39 is 0 Å². The molecule has 4 heteroatoms. The zero-order valence-corrected chi connectivity index (χ0v) is 10.7. The van der Waals surface area contributed by atoms with Crippen molar-refractivity contribution < 1.29 is 4.74 Å². The quantitative estimate of drug-likeness (QED) is 0.723. The Morgan fingerprint density at radius 3 is 2.82 bits per heavy atom. The van der Waals surface area contributed by atoms with E-state index in [1.54, 1.807) is 7.11 Å². The summed E-state index contributed by atoms with van der Waals surface area (Å²) in [4.78, 5) is 2.21. The molecule has 0 aliphatic rings. The van der Waals surface area contributed by atoms with Gasteiger partial charge in [0, 0.05) is 25.7 Å². The first-order chi connectivity index (χ1) is 8.15. The highest BCUT2D eigenvalue weighted by Gasteiger charge is 2.05. The van der Waals surface area contributed by atoms with Crippen LogP contribution in [0, 0.1) is 0 Å². The summed E-state index contributed by atoms with van der Waals surface area (Å²) in [6.07, 6.45) is 0.991. The average molecular weight is 237 g/mol. The number of hydrogen-bond acceptors (Lipinski definition) is 4. The standard InChI is InChI=1S/C13H23N3O/c1-16(10-12(15)9-14)7-6-11-4-3-5-13(8-11)17-2/h3-5,8,12H,6-7,9-10,14-15H2,1-2H3. The van der Waals surface area contributed by atoms with Crippen LogP contribution in [-0.2, 0) is 6.42 Å². The van der Waals surface area contributed by atoms with E-state index in [0.29, 0.717) is 6.54 Å². The van der Waals surface area contributed by atoms with Crippen LogP contribution in [0.1, 0.15) is 5.56 Å². The van der Waals surface area contributed by atoms with Gasteiger partial charge in [0.2, 0.25) is 0 Å². The Morgan fingerprint density at radius 1 is 1.41 bits per heavy atom. The Morgan fingerprint density at radius 2 is 2.18 bits per heavy atom. The highest BCUT2D eigenvalue weighted by atomic mass is 16.5. The molecule has 1 rings (SSSR count). The maximum atomic E-state index is 5.80. The smallest absolute Gasteiger partial charge is 0.119 e. The molecule has 1 atom stereocenters. The van der Waals surface area contributed by atoms with Crippen LogP contribution in [0.5, 0.6) is 5.75 Å². The molecular formula is C13H23N3O. The molecule has 0 aliphatic heterocycles. The Balaban J connectivity index is 2.38. The second-order valence-electron chi connectivity index (χ2n) is 4.36. The lowest BCUT2D eigenvalue weighted by Crippen LogP contribution is -2.41. The fraction of sp³-hybridized carbons (Fsp3) is 0.538. The second kappa shape index (κ2) is 7.27. The molecule has 4 N–H and O–H groups in total. The number of rotatable bonds is 7. The molecule has 96 valence electrons. The maximum Gasteiger partial charge on any atom is 0.119 e. The first-order valence-electron chi connectivity index (χ1n) is 5.93. The summed E-state index contributed by atoms with van der Waals surface area (Å²) in [5.74, 6) is 0.906. The third-order valence-corrected chi connectivity index (χ3v) is 2.77. The molecule has 0 amide bonds. The molecule has 0 aromatic heterocycles. The van der Waals surface area contributed by atoms with E-state index in [-0.39, 0.29) is 6.04 Å². The fourth-order valence-corrected chi connectivity index (χ4v) is 1.71. The second-order valence-corrected chi connectivity index (χ2v) is 4.36. The summed E-state index contributed by atoms with van der Waals surface area (Å²) in [5.41, 5.74) is 12.6. The van der Waals surface area contributed by atoms with Crippen molar-refractivity contribution in [2.24, 2.45) is 11.5 Å². The van der Waals surface area contributed by atoms with Crippen molar-refractivity contribution in [2.45, 2.75) is 12.5 Å². The molecule has 1 aromatic carbocycles. The zero-order valence-electron chi connectivity index (χ0n) is 10.7. The Labute approximate surface area is 104 Å². The number of hydrogen-bond donors (Lipinski definition) is 2. The zero-order chi connectivity index (χ0) is 12.7. The molecule has 0 radical (unpaired) electrons. The normalized spacial score (nSPS) is 12.8. The first kappa shape index (κ1) is 14.0. The van der Waals surface area contributed by atoms with Crippen LogP contribution in [0.4, 0.5) is 0 Å². The fourth-order valence-electron chi connectivity index (χ4n) is 1.71. The van der Waals surface area contributed by atoms with Crippen LogP contribution in [0.15, 0.2) is 24.3 Å². The highest BCUT2D eigenvalue weighted by Crippen LogP contribution is 2.13. The summed E-state index contributed by atoms with van der Waals surface area (Å²) in [5, 5.41) is 0. The number of benzene rings is 1. The van der Waals surface area contributed by atoms with E-state index in [2.05, 4.69) is 24.1 Å². The SMILES string of the molecule is COc1cccc(CCN(C)CC(N)CN)c1. The van der Waals surface area contributed by atoms with Gasteiger partial charge in [-0.3, -0.25) is 0 Å². The molecule has 0 saturated carbocycles. The first-order valence-corrected chi connectivity index (χ1v) is 5.93. The molecule has 0 bridgehead atoms. The minimum absolute atomic E-state index is 0.0605. The molecule has 17 heavy (non-hydrogen) atoms. The van der Waals surface area contributed by atoms with E-state index >= 15 is 0 Å². The monoisotopic (exact) mass is 237 g/mol. The van der Waals surface area contributed by atoms with Gasteiger partial charge in [0.05, 0.1) is 7.11 Å². The van der Waals surface area contributed by atoms with Crippen molar-refractivity contribution in [3.8, 4) is 5.75 Å². The number of likely N-dealkylation sites (N-methyl/N-ethyl adjacent to an activating group) is 1. The van der Waals surface area contributed by atoms with Crippen LogP contribution >= 0.6 is 0 Å². The molecule has 4 nitrogen and oxygen atoms in total. The molecule has 0 fully saturated rings. The van der Waals surface area contributed by atoms with E-state index in [0.717, 1.165) is 25.3 Å². The summed E-state index contributed by atoms with van der Waals surface area (Å²) in [6.45, 7) is 2.34. The largest absolute Gasteiger partial charge is 0.497 e. The van der Waals surface area contributed by atoms with Crippen LogP contribution < -0.4 is 16.2 Å². The number of ether oxygens (including phenoxy) is 1. The van der Waals surface area contributed by atoms with Gasteiger partial charge >= 0.3 is 0 Å². The van der Waals surface area contributed by atoms with Crippen LogP contribution in [-0.4, -0.2) is 44.7 Å². The topological polar surface area (TPSA) is 64.5 Å². The van der Waals surface area contributed by atoms with Gasteiger partial charge in [0.1, 0.15) is 5.75 Å². The van der Waals surface area contributed by atoms with Gasteiger partial charge in [-0.1, -0.05) is 12.1 Å².